The van der Waals surface area contributed by atoms with Crippen molar-refractivity contribution in [2.75, 3.05) is 7.11 Å². The van der Waals surface area contributed by atoms with Gasteiger partial charge in [-0.25, -0.2) is 0 Å². The maximum atomic E-state index is 10.8. The Hall–Kier alpha value is -0.720. The normalized spacial score (nSPS) is 43.6. The first-order chi connectivity index (χ1) is 6.41. The van der Waals surface area contributed by atoms with Crippen molar-refractivity contribution in [3.05, 3.63) is 10.1 Å². The number of hydrogen-bond acceptors (Lipinski definition) is 5. The van der Waals surface area contributed by atoms with E-state index in [4.69, 9.17) is 9.47 Å². The SMILES string of the molecule is CO[C@H]1C[C@@](C)([N+](=O)[O-])[C@@H](O)[C@H](C)O1. The molecule has 0 radical (unpaired) electrons. The highest BCUT2D eigenvalue weighted by atomic mass is 16.7. The van der Waals surface area contributed by atoms with E-state index in [9.17, 15) is 15.2 Å². The van der Waals surface area contributed by atoms with Gasteiger partial charge in [0, 0.05) is 19.0 Å². The Labute approximate surface area is 82.0 Å². The van der Waals surface area contributed by atoms with Crippen molar-refractivity contribution in [3.8, 4) is 0 Å². The summed E-state index contributed by atoms with van der Waals surface area (Å²) in [5.41, 5.74) is -1.39. The molecule has 0 aromatic heterocycles. The molecule has 0 saturated carbocycles. The summed E-state index contributed by atoms with van der Waals surface area (Å²) in [6.07, 6.45) is -2.26. The molecular formula is C8H15NO5. The Bertz CT molecular complexity index is 234. The largest absolute Gasteiger partial charge is 0.383 e. The van der Waals surface area contributed by atoms with Crippen molar-refractivity contribution < 1.29 is 19.5 Å². The molecule has 14 heavy (non-hydrogen) atoms. The van der Waals surface area contributed by atoms with Gasteiger partial charge < -0.3 is 14.6 Å². The number of nitro groups is 1. The lowest BCUT2D eigenvalue weighted by Crippen LogP contribution is -2.59. The molecule has 1 saturated heterocycles. The van der Waals surface area contributed by atoms with Gasteiger partial charge in [0.25, 0.3) is 5.54 Å². The van der Waals surface area contributed by atoms with Gasteiger partial charge in [-0.3, -0.25) is 10.1 Å². The van der Waals surface area contributed by atoms with Crippen molar-refractivity contribution in [2.45, 2.75) is 44.3 Å². The fourth-order valence-corrected chi connectivity index (χ4v) is 1.65. The second kappa shape index (κ2) is 3.80. The van der Waals surface area contributed by atoms with E-state index in [0.717, 1.165) is 0 Å². The summed E-state index contributed by atoms with van der Waals surface area (Å²) < 4.78 is 10.1. The molecule has 82 valence electrons. The summed E-state index contributed by atoms with van der Waals surface area (Å²) >= 11 is 0. The molecule has 6 nitrogen and oxygen atoms in total. The van der Waals surface area contributed by atoms with Crippen LogP contribution in [0.15, 0.2) is 0 Å². The molecule has 0 bridgehead atoms. The maximum Gasteiger partial charge on any atom is 0.252 e. The number of methoxy groups -OCH3 is 1. The zero-order chi connectivity index (χ0) is 10.9. The highest BCUT2D eigenvalue weighted by Gasteiger charge is 2.54. The summed E-state index contributed by atoms with van der Waals surface area (Å²) in [5, 5.41) is 20.5. The molecule has 0 aliphatic carbocycles. The highest BCUT2D eigenvalue weighted by molar-refractivity contribution is 4.91. The van der Waals surface area contributed by atoms with E-state index < -0.39 is 29.0 Å². The molecule has 0 amide bonds. The first-order valence-electron chi connectivity index (χ1n) is 4.42. The van der Waals surface area contributed by atoms with E-state index >= 15 is 0 Å². The van der Waals surface area contributed by atoms with Gasteiger partial charge in [-0.1, -0.05) is 0 Å². The highest BCUT2D eigenvalue weighted by Crippen LogP contribution is 2.31. The zero-order valence-corrected chi connectivity index (χ0v) is 8.47. The molecular weight excluding hydrogens is 190 g/mol. The van der Waals surface area contributed by atoms with Gasteiger partial charge in [0.05, 0.1) is 12.5 Å². The number of nitrogens with zero attached hydrogens (tertiary/aromatic N) is 1. The van der Waals surface area contributed by atoms with E-state index in [-0.39, 0.29) is 6.42 Å². The molecule has 0 aromatic rings. The van der Waals surface area contributed by atoms with E-state index in [1.54, 1.807) is 6.92 Å². The molecule has 1 aliphatic rings. The number of rotatable bonds is 2. The third-order valence-corrected chi connectivity index (χ3v) is 2.71. The van der Waals surface area contributed by atoms with Crippen LogP contribution < -0.4 is 0 Å². The monoisotopic (exact) mass is 205 g/mol. The number of hydrogen-bond donors (Lipinski definition) is 1. The predicted molar refractivity (Wildman–Crippen MR) is 47.4 cm³/mol. The number of ether oxygens (including phenoxy) is 2. The van der Waals surface area contributed by atoms with Gasteiger partial charge in [0.1, 0.15) is 6.10 Å². The van der Waals surface area contributed by atoms with E-state index in [1.165, 1.54) is 14.0 Å². The first kappa shape index (κ1) is 11.4. The molecule has 0 spiro atoms. The van der Waals surface area contributed by atoms with E-state index in [2.05, 4.69) is 0 Å². The van der Waals surface area contributed by atoms with Crippen LogP contribution in [0, 0.1) is 10.1 Å². The zero-order valence-electron chi connectivity index (χ0n) is 8.47. The quantitative estimate of drug-likeness (QED) is 0.513. The maximum absolute atomic E-state index is 10.8. The van der Waals surface area contributed by atoms with Crippen LogP contribution in [0.5, 0.6) is 0 Å². The van der Waals surface area contributed by atoms with Gasteiger partial charge in [0.15, 0.2) is 6.29 Å². The van der Waals surface area contributed by atoms with Gasteiger partial charge >= 0.3 is 0 Å². The minimum atomic E-state index is -1.39. The summed E-state index contributed by atoms with van der Waals surface area (Å²) in [7, 11) is 1.43. The molecule has 1 N–H and O–H groups in total. The predicted octanol–water partition coefficient (Wildman–Crippen LogP) is 0.164. The second-order valence-electron chi connectivity index (χ2n) is 3.77. The average molecular weight is 205 g/mol. The van der Waals surface area contributed by atoms with E-state index in [1.807, 2.05) is 0 Å². The van der Waals surface area contributed by atoms with Crippen LogP contribution in [0.4, 0.5) is 0 Å². The van der Waals surface area contributed by atoms with Crippen LogP contribution in [-0.2, 0) is 9.47 Å². The van der Waals surface area contributed by atoms with Gasteiger partial charge in [-0.15, -0.1) is 0 Å². The summed E-state index contributed by atoms with van der Waals surface area (Å²) in [6, 6.07) is 0. The molecule has 1 aliphatic heterocycles. The first-order valence-corrected chi connectivity index (χ1v) is 4.42. The van der Waals surface area contributed by atoms with Gasteiger partial charge in [-0.2, -0.15) is 0 Å². The fourth-order valence-electron chi connectivity index (χ4n) is 1.65. The lowest BCUT2D eigenvalue weighted by Gasteiger charge is -2.38. The molecule has 1 heterocycles. The topological polar surface area (TPSA) is 81.8 Å². The van der Waals surface area contributed by atoms with Crippen molar-refractivity contribution in [2.24, 2.45) is 0 Å². The van der Waals surface area contributed by atoms with Crippen LogP contribution in [0.2, 0.25) is 0 Å². The molecule has 4 atom stereocenters. The van der Waals surface area contributed by atoms with Crippen LogP contribution in [-0.4, -0.2) is 41.2 Å². The summed E-state index contributed by atoms with van der Waals surface area (Å²) in [5.74, 6) is 0. The Morgan fingerprint density at radius 2 is 2.29 bits per heavy atom. The van der Waals surface area contributed by atoms with Crippen LogP contribution in [0.25, 0.3) is 0 Å². The van der Waals surface area contributed by atoms with Crippen LogP contribution in [0.1, 0.15) is 20.3 Å². The van der Waals surface area contributed by atoms with Crippen molar-refractivity contribution >= 4 is 0 Å². The van der Waals surface area contributed by atoms with Gasteiger partial charge in [-0.05, 0) is 6.92 Å². The molecule has 1 rings (SSSR count). The third kappa shape index (κ3) is 1.73. The Morgan fingerprint density at radius 3 is 2.71 bits per heavy atom. The molecule has 1 fully saturated rings. The summed E-state index contributed by atoms with van der Waals surface area (Å²) in [6.45, 7) is 3.00. The third-order valence-electron chi connectivity index (χ3n) is 2.71. The lowest BCUT2D eigenvalue weighted by atomic mass is 9.86. The molecule has 6 heteroatoms. The second-order valence-corrected chi connectivity index (χ2v) is 3.77. The lowest BCUT2D eigenvalue weighted by molar-refractivity contribution is -0.593. The Morgan fingerprint density at radius 1 is 1.71 bits per heavy atom. The molecule has 0 aromatic carbocycles. The average Bonchev–Trinajstić information content (AvgIpc) is 2.13. The van der Waals surface area contributed by atoms with Crippen molar-refractivity contribution in [3.63, 3.8) is 0 Å². The van der Waals surface area contributed by atoms with Crippen molar-refractivity contribution in [1.82, 2.24) is 0 Å². The fraction of sp³-hybridized carbons (Fsp3) is 1.00. The minimum absolute atomic E-state index is 0.0575. The number of aliphatic hydroxyl groups is 1. The van der Waals surface area contributed by atoms with Crippen molar-refractivity contribution in [1.29, 1.82) is 0 Å². The Kier molecular flexibility index (Phi) is 3.08. The van der Waals surface area contributed by atoms with Crippen LogP contribution in [0.3, 0.4) is 0 Å². The number of aliphatic hydroxyl groups excluding tert-OH is 1. The Balaban J connectivity index is 2.87. The minimum Gasteiger partial charge on any atom is -0.383 e. The standard InChI is InChI=1S/C8H15NO5/c1-5-7(10)8(2,9(11)12)4-6(13-3)14-5/h5-7,10H,4H2,1-3H3/t5-,6+,7-,8+/m0/s1. The van der Waals surface area contributed by atoms with Crippen LogP contribution >= 0.6 is 0 Å². The summed E-state index contributed by atoms with van der Waals surface area (Å²) in [4.78, 5) is 10.4. The molecule has 0 unspecified atom stereocenters. The van der Waals surface area contributed by atoms with E-state index in [0.29, 0.717) is 0 Å². The van der Waals surface area contributed by atoms with Gasteiger partial charge in [0.2, 0.25) is 0 Å². The smallest absolute Gasteiger partial charge is 0.252 e.